The number of nitrogens with zero attached hydrogens (tertiary/aromatic N) is 2. The van der Waals surface area contributed by atoms with Gasteiger partial charge in [-0.05, 0) is 27.4 Å². The Balaban J connectivity index is 1.92. The van der Waals surface area contributed by atoms with Crippen LogP contribution in [-0.4, -0.2) is 16.1 Å². The maximum atomic E-state index is 5.57. The fraction of sp³-hybridized carbons (Fsp3) is 0.333. The van der Waals surface area contributed by atoms with E-state index in [1.807, 2.05) is 11.4 Å². The molecule has 2 aromatic rings. The zero-order valence-electron chi connectivity index (χ0n) is 8.24. The summed E-state index contributed by atoms with van der Waals surface area (Å²) in [5.74, 6) is 1.04. The molecule has 86 valence electrons. The van der Waals surface area contributed by atoms with Crippen molar-refractivity contribution in [1.29, 1.82) is 0 Å². The molecule has 0 aromatic carbocycles. The minimum Gasteiger partial charge on any atom is -0.408 e. The molecule has 2 rings (SSSR count). The van der Waals surface area contributed by atoms with Crippen LogP contribution in [0.4, 0.5) is 6.01 Å². The predicted octanol–water partition coefficient (Wildman–Crippen LogP) is 3.29. The number of aromatic nitrogens is 2. The summed E-state index contributed by atoms with van der Waals surface area (Å²) in [7, 11) is 0. The van der Waals surface area contributed by atoms with Crippen LogP contribution in [0.5, 0.6) is 0 Å². The van der Waals surface area contributed by atoms with Gasteiger partial charge >= 0.3 is 6.01 Å². The summed E-state index contributed by atoms with van der Waals surface area (Å²) in [6.07, 6.45) is 0.596. The summed E-state index contributed by atoms with van der Waals surface area (Å²) in [4.78, 5) is 1.19. The van der Waals surface area contributed by atoms with Gasteiger partial charge in [0.25, 0.3) is 0 Å². The quantitative estimate of drug-likeness (QED) is 0.858. The normalized spacial score (nSPS) is 10.6. The summed E-state index contributed by atoms with van der Waals surface area (Å²) in [5.41, 5.74) is 0. The van der Waals surface area contributed by atoms with E-state index in [2.05, 4.69) is 31.4 Å². The van der Waals surface area contributed by atoms with E-state index in [0.29, 0.717) is 30.8 Å². The summed E-state index contributed by atoms with van der Waals surface area (Å²) >= 11 is 10.7. The average Bonchev–Trinajstić information content (AvgIpc) is 2.86. The maximum absolute atomic E-state index is 5.57. The predicted molar refractivity (Wildman–Crippen MR) is 68.1 cm³/mol. The highest BCUT2D eigenvalue weighted by Crippen LogP contribution is 2.23. The Morgan fingerprint density at radius 1 is 1.50 bits per heavy atom. The van der Waals surface area contributed by atoms with E-state index < -0.39 is 0 Å². The fourth-order valence-corrected chi connectivity index (χ4v) is 2.71. The standard InChI is InChI=1S/C9H9BrClN3OS/c10-6-2-4-16-7(6)5-12-9-14-13-8(15-9)1-3-11/h2,4H,1,3,5H2,(H,12,14). The summed E-state index contributed by atoms with van der Waals surface area (Å²) in [6, 6.07) is 2.44. The molecule has 2 heterocycles. The molecule has 0 saturated carbocycles. The second kappa shape index (κ2) is 5.65. The second-order valence-corrected chi connectivity index (χ2v) is 5.22. The van der Waals surface area contributed by atoms with Crippen LogP contribution in [0, 0.1) is 0 Å². The molecule has 0 spiro atoms. The van der Waals surface area contributed by atoms with E-state index in [9.17, 15) is 0 Å². The lowest BCUT2D eigenvalue weighted by Crippen LogP contribution is -1.97. The van der Waals surface area contributed by atoms with Crippen LogP contribution >= 0.6 is 38.9 Å². The van der Waals surface area contributed by atoms with Crippen molar-refractivity contribution in [2.75, 3.05) is 11.2 Å². The number of aryl methyl sites for hydroxylation is 1. The molecule has 0 saturated heterocycles. The van der Waals surface area contributed by atoms with Gasteiger partial charge in [0, 0.05) is 21.7 Å². The summed E-state index contributed by atoms with van der Waals surface area (Å²) in [5, 5.41) is 12.8. The van der Waals surface area contributed by atoms with Crippen LogP contribution < -0.4 is 5.32 Å². The topological polar surface area (TPSA) is 51.0 Å². The van der Waals surface area contributed by atoms with Gasteiger partial charge in [-0.1, -0.05) is 5.10 Å². The van der Waals surface area contributed by atoms with Gasteiger partial charge in [0.1, 0.15) is 0 Å². The van der Waals surface area contributed by atoms with Crippen molar-refractivity contribution in [3.05, 3.63) is 26.7 Å². The Bertz CT molecular complexity index is 459. The van der Waals surface area contributed by atoms with Gasteiger partial charge in [-0.15, -0.1) is 28.0 Å². The van der Waals surface area contributed by atoms with Crippen LogP contribution in [-0.2, 0) is 13.0 Å². The Labute approximate surface area is 110 Å². The zero-order chi connectivity index (χ0) is 11.4. The molecule has 0 unspecified atom stereocenters. The molecule has 0 fully saturated rings. The zero-order valence-corrected chi connectivity index (χ0v) is 11.4. The third kappa shape index (κ3) is 2.96. The molecule has 0 aliphatic rings. The molecule has 16 heavy (non-hydrogen) atoms. The first kappa shape index (κ1) is 11.9. The molecular formula is C9H9BrClN3OS. The number of thiophene rings is 1. The number of anilines is 1. The average molecular weight is 323 g/mol. The largest absolute Gasteiger partial charge is 0.408 e. The lowest BCUT2D eigenvalue weighted by Gasteiger charge is -1.98. The van der Waals surface area contributed by atoms with Crippen molar-refractivity contribution in [3.63, 3.8) is 0 Å². The van der Waals surface area contributed by atoms with Crippen molar-refractivity contribution in [1.82, 2.24) is 10.2 Å². The molecule has 0 radical (unpaired) electrons. The van der Waals surface area contributed by atoms with Gasteiger partial charge in [-0.3, -0.25) is 0 Å². The number of alkyl halides is 1. The fourth-order valence-electron chi connectivity index (χ4n) is 1.11. The Morgan fingerprint density at radius 2 is 2.38 bits per heavy atom. The molecule has 2 aromatic heterocycles. The highest BCUT2D eigenvalue weighted by atomic mass is 79.9. The third-order valence-electron chi connectivity index (χ3n) is 1.87. The van der Waals surface area contributed by atoms with Gasteiger partial charge in [0.2, 0.25) is 5.89 Å². The minimum absolute atomic E-state index is 0.431. The van der Waals surface area contributed by atoms with Crippen molar-refractivity contribution >= 4 is 44.9 Å². The van der Waals surface area contributed by atoms with E-state index in [1.165, 1.54) is 4.88 Å². The Hall–Kier alpha value is -0.590. The van der Waals surface area contributed by atoms with Crippen LogP contribution in [0.1, 0.15) is 10.8 Å². The van der Waals surface area contributed by atoms with Crippen LogP contribution in [0.25, 0.3) is 0 Å². The molecule has 7 heteroatoms. The van der Waals surface area contributed by atoms with Crippen LogP contribution in [0.2, 0.25) is 0 Å². The van der Waals surface area contributed by atoms with Crippen molar-refractivity contribution < 1.29 is 4.42 Å². The molecular weight excluding hydrogens is 314 g/mol. The first-order valence-corrected chi connectivity index (χ1v) is 6.84. The molecule has 0 aliphatic carbocycles. The lowest BCUT2D eigenvalue weighted by atomic mass is 10.5. The third-order valence-corrected chi connectivity index (χ3v) is 3.98. The van der Waals surface area contributed by atoms with Crippen LogP contribution in [0.3, 0.4) is 0 Å². The van der Waals surface area contributed by atoms with Gasteiger partial charge < -0.3 is 9.73 Å². The summed E-state index contributed by atoms with van der Waals surface area (Å²) in [6.45, 7) is 0.667. The summed E-state index contributed by atoms with van der Waals surface area (Å²) < 4.78 is 6.42. The van der Waals surface area contributed by atoms with E-state index in [1.54, 1.807) is 11.3 Å². The number of nitrogens with one attached hydrogen (secondary N) is 1. The monoisotopic (exact) mass is 321 g/mol. The smallest absolute Gasteiger partial charge is 0.315 e. The molecule has 0 bridgehead atoms. The van der Waals surface area contributed by atoms with Crippen LogP contribution in [0.15, 0.2) is 20.3 Å². The molecule has 4 nitrogen and oxygen atoms in total. The molecule has 1 N–H and O–H groups in total. The highest BCUT2D eigenvalue weighted by molar-refractivity contribution is 9.10. The second-order valence-electron chi connectivity index (χ2n) is 2.99. The molecule has 0 atom stereocenters. The molecule has 0 amide bonds. The van der Waals surface area contributed by atoms with Gasteiger partial charge in [0.15, 0.2) is 0 Å². The van der Waals surface area contributed by atoms with E-state index in [0.717, 1.165) is 4.47 Å². The number of hydrogen-bond acceptors (Lipinski definition) is 5. The first-order chi connectivity index (χ1) is 7.79. The van der Waals surface area contributed by atoms with Crippen molar-refractivity contribution in [2.45, 2.75) is 13.0 Å². The van der Waals surface area contributed by atoms with Crippen molar-refractivity contribution in [3.8, 4) is 0 Å². The minimum atomic E-state index is 0.431. The SMILES string of the molecule is ClCCc1nnc(NCc2sccc2Br)o1. The number of hydrogen-bond donors (Lipinski definition) is 1. The van der Waals surface area contributed by atoms with E-state index >= 15 is 0 Å². The van der Waals surface area contributed by atoms with Gasteiger partial charge in [-0.2, -0.15) is 0 Å². The Morgan fingerprint density at radius 3 is 3.06 bits per heavy atom. The maximum Gasteiger partial charge on any atom is 0.315 e. The number of rotatable bonds is 5. The number of halogens is 2. The van der Waals surface area contributed by atoms with Crippen molar-refractivity contribution in [2.24, 2.45) is 0 Å². The first-order valence-electron chi connectivity index (χ1n) is 4.63. The van der Waals surface area contributed by atoms with Gasteiger partial charge in [-0.25, -0.2) is 0 Å². The molecule has 0 aliphatic heterocycles. The van der Waals surface area contributed by atoms with E-state index in [-0.39, 0.29) is 0 Å². The highest BCUT2D eigenvalue weighted by Gasteiger charge is 2.06. The van der Waals surface area contributed by atoms with Gasteiger partial charge in [0.05, 0.1) is 6.54 Å². The Kier molecular flexibility index (Phi) is 4.20. The lowest BCUT2D eigenvalue weighted by molar-refractivity contribution is 0.512. The van der Waals surface area contributed by atoms with E-state index in [4.69, 9.17) is 16.0 Å².